The van der Waals surface area contributed by atoms with E-state index >= 15 is 0 Å². The first-order valence-corrected chi connectivity index (χ1v) is 9.03. The minimum Gasteiger partial charge on any atom is -0.388 e. The van der Waals surface area contributed by atoms with E-state index in [0.29, 0.717) is 11.8 Å². The number of aromatic nitrogens is 2. The van der Waals surface area contributed by atoms with Crippen molar-refractivity contribution in [2.75, 3.05) is 13.1 Å². The largest absolute Gasteiger partial charge is 0.388 e. The maximum Gasteiger partial charge on any atom is 0.243 e. The maximum absolute atomic E-state index is 10.6. The molecule has 1 saturated carbocycles. The molecule has 5 heteroatoms. The van der Waals surface area contributed by atoms with Crippen molar-refractivity contribution in [3.8, 4) is 0 Å². The first-order valence-electron chi connectivity index (χ1n) is 9.03. The van der Waals surface area contributed by atoms with Gasteiger partial charge in [-0.1, -0.05) is 35.5 Å². The predicted octanol–water partition coefficient (Wildman–Crippen LogP) is 3.45. The van der Waals surface area contributed by atoms with Crippen molar-refractivity contribution in [2.45, 2.75) is 50.7 Å². The third kappa shape index (κ3) is 3.23. The van der Waals surface area contributed by atoms with Crippen LogP contribution in [0, 0.1) is 5.92 Å². The molecule has 0 amide bonds. The highest BCUT2D eigenvalue weighted by Gasteiger charge is 2.33. The van der Waals surface area contributed by atoms with Crippen LogP contribution in [-0.4, -0.2) is 33.2 Å². The standard InChI is InChI=1S/C19H25N3O2/c1-13(19-20-18(21-24-19)16-7-8-16)22-11-9-15(10-12-22)17(23)14-5-3-2-4-6-14/h2-6,13,15-17,23H,7-12H2,1H3. The third-order valence-corrected chi connectivity index (χ3v) is 5.47. The highest BCUT2D eigenvalue weighted by atomic mass is 16.5. The summed E-state index contributed by atoms with van der Waals surface area (Å²) in [6.07, 6.45) is 3.99. The predicted molar refractivity (Wildman–Crippen MR) is 90.4 cm³/mol. The summed E-state index contributed by atoms with van der Waals surface area (Å²) in [7, 11) is 0. The van der Waals surface area contributed by atoms with Gasteiger partial charge in [-0.3, -0.25) is 4.90 Å². The summed E-state index contributed by atoms with van der Waals surface area (Å²) in [6, 6.07) is 10.1. The van der Waals surface area contributed by atoms with Gasteiger partial charge in [-0.25, -0.2) is 0 Å². The maximum atomic E-state index is 10.6. The molecule has 1 saturated heterocycles. The number of hydrogen-bond acceptors (Lipinski definition) is 5. The van der Waals surface area contributed by atoms with Gasteiger partial charge in [-0.15, -0.1) is 0 Å². The number of aliphatic hydroxyl groups is 1. The molecule has 1 aliphatic heterocycles. The zero-order valence-corrected chi connectivity index (χ0v) is 14.1. The highest BCUT2D eigenvalue weighted by Crippen LogP contribution is 2.39. The van der Waals surface area contributed by atoms with Crippen LogP contribution in [0.1, 0.15) is 67.9 Å². The first kappa shape index (κ1) is 15.8. The van der Waals surface area contributed by atoms with Gasteiger partial charge in [0, 0.05) is 5.92 Å². The Bertz CT molecular complexity index is 660. The number of piperidine rings is 1. The van der Waals surface area contributed by atoms with Crippen molar-refractivity contribution in [1.82, 2.24) is 15.0 Å². The van der Waals surface area contributed by atoms with E-state index in [2.05, 4.69) is 22.0 Å². The molecule has 0 bridgehead atoms. The lowest BCUT2D eigenvalue weighted by Crippen LogP contribution is -2.37. The lowest BCUT2D eigenvalue weighted by molar-refractivity contribution is 0.0420. The molecule has 1 aromatic heterocycles. The van der Waals surface area contributed by atoms with Gasteiger partial charge in [0.25, 0.3) is 0 Å². The lowest BCUT2D eigenvalue weighted by Gasteiger charge is -2.36. The first-order chi connectivity index (χ1) is 11.7. The fourth-order valence-electron chi connectivity index (χ4n) is 3.63. The number of benzene rings is 1. The monoisotopic (exact) mass is 327 g/mol. The van der Waals surface area contributed by atoms with Crippen LogP contribution < -0.4 is 0 Å². The molecular weight excluding hydrogens is 302 g/mol. The van der Waals surface area contributed by atoms with Crippen molar-refractivity contribution >= 4 is 0 Å². The molecule has 5 nitrogen and oxygen atoms in total. The van der Waals surface area contributed by atoms with Crippen LogP contribution in [0.5, 0.6) is 0 Å². The molecule has 2 unspecified atom stereocenters. The van der Waals surface area contributed by atoms with Crippen molar-refractivity contribution in [1.29, 1.82) is 0 Å². The van der Waals surface area contributed by atoms with Crippen LogP contribution in [0.4, 0.5) is 0 Å². The van der Waals surface area contributed by atoms with Crippen LogP contribution in [-0.2, 0) is 0 Å². The van der Waals surface area contributed by atoms with Crippen LogP contribution in [0.15, 0.2) is 34.9 Å². The Morgan fingerprint density at radius 3 is 2.50 bits per heavy atom. The van der Waals surface area contributed by atoms with Crippen molar-refractivity contribution in [2.24, 2.45) is 5.92 Å². The minimum absolute atomic E-state index is 0.153. The number of hydrogen-bond donors (Lipinski definition) is 1. The van der Waals surface area contributed by atoms with Gasteiger partial charge in [0.1, 0.15) is 0 Å². The van der Waals surface area contributed by atoms with E-state index in [1.807, 2.05) is 30.3 Å². The molecule has 1 N–H and O–H groups in total. The second-order valence-electron chi connectivity index (χ2n) is 7.17. The van der Waals surface area contributed by atoms with Gasteiger partial charge in [0.15, 0.2) is 5.82 Å². The van der Waals surface area contributed by atoms with Crippen LogP contribution in [0.2, 0.25) is 0 Å². The van der Waals surface area contributed by atoms with Gasteiger partial charge in [-0.05, 0) is 57.2 Å². The van der Waals surface area contributed by atoms with Crippen molar-refractivity contribution < 1.29 is 9.63 Å². The molecule has 2 aliphatic rings. The minimum atomic E-state index is -0.367. The van der Waals surface area contributed by atoms with Gasteiger partial charge in [0.05, 0.1) is 12.1 Å². The summed E-state index contributed by atoms with van der Waals surface area (Å²) in [5.74, 6) is 2.47. The normalized spacial score (nSPS) is 22.4. The Morgan fingerprint density at radius 1 is 1.12 bits per heavy atom. The summed E-state index contributed by atoms with van der Waals surface area (Å²) in [6.45, 7) is 4.05. The van der Waals surface area contributed by atoms with Crippen LogP contribution in [0.25, 0.3) is 0 Å². The molecule has 0 radical (unpaired) electrons. The quantitative estimate of drug-likeness (QED) is 0.911. The second kappa shape index (κ2) is 6.65. The van der Waals surface area contributed by atoms with E-state index in [4.69, 9.17) is 4.52 Å². The zero-order valence-electron chi connectivity index (χ0n) is 14.1. The van der Waals surface area contributed by atoms with Crippen LogP contribution in [0.3, 0.4) is 0 Å². The smallest absolute Gasteiger partial charge is 0.243 e. The van der Waals surface area contributed by atoms with E-state index in [1.165, 1.54) is 12.8 Å². The molecule has 2 aromatic rings. The van der Waals surface area contributed by atoms with E-state index in [9.17, 15) is 5.11 Å². The molecule has 2 fully saturated rings. The second-order valence-corrected chi connectivity index (χ2v) is 7.17. The van der Waals surface area contributed by atoms with E-state index in [0.717, 1.165) is 43.2 Å². The average molecular weight is 327 g/mol. The van der Waals surface area contributed by atoms with Crippen molar-refractivity contribution in [3.63, 3.8) is 0 Å². The number of likely N-dealkylation sites (tertiary alicyclic amines) is 1. The van der Waals surface area contributed by atoms with Gasteiger partial charge >= 0.3 is 0 Å². The molecule has 0 spiro atoms. The molecule has 1 aliphatic carbocycles. The Morgan fingerprint density at radius 2 is 1.83 bits per heavy atom. The van der Waals surface area contributed by atoms with E-state index in [-0.39, 0.29) is 12.1 Å². The molecule has 128 valence electrons. The zero-order chi connectivity index (χ0) is 16.5. The highest BCUT2D eigenvalue weighted by molar-refractivity contribution is 5.18. The Kier molecular flexibility index (Phi) is 4.37. The number of rotatable bonds is 5. The molecule has 2 heterocycles. The lowest BCUT2D eigenvalue weighted by atomic mass is 9.87. The summed E-state index contributed by atoms with van der Waals surface area (Å²) in [4.78, 5) is 6.97. The van der Waals surface area contributed by atoms with Crippen LogP contribution >= 0.6 is 0 Å². The SMILES string of the molecule is CC(c1nc(C2CC2)no1)N1CCC(C(O)c2ccccc2)CC1. The van der Waals surface area contributed by atoms with Gasteiger partial charge in [-0.2, -0.15) is 4.98 Å². The Hall–Kier alpha value is -1.72. The number of nitrogens with zero attached hydrogens (tertiary/aromatic N) is 3. The summed E-state index contributed by atoms with van der Waals surface area (Å²) in [5, 5.41) is 14.7. The summed E-state index contributed by atoms with van der Waals surface area (Å²) < 4.78 is 5.47. The number of aliphatic hydroxyl groups excluding tert-OH is 1. The fourth-order valence-corrected chi connectivity index (χ4v) is 3.63. The molecule has 24 heavy (non-hydrogen) atoms. The fraction of sp³-hybridized carbons (Fsp3) is 0.579. The Labute approximate surface area is 142 Å². The van der Waals surface area contributed by atoms with E-state index in [1.54, 1.807) is 0 Å². The summed E-state index contributed by atoms with van der Waals surface area (Å²) >= 11 is 0. The Balaban J connectivity index is 1.35. The molecule has 2 atom stereocenters. The van der Waals surface area contributed by atoms with Crippen molar-refractivity contribution in [3.05, 3.63) is 47.6 Å². The summed E-state index contributed by atoms with van der Waals surface area (Å²) in [5.41, 5.74) is 1.02. The third-order valence-electron chi connectivity index (χ3n) is 5.47. The molecular formula is C19H25N3O2. The van der Waals surface area contributed by atoms with E-state index < -0.39 is 0 Å². The van der Waals surface area contributed by atoms with Gasteiger partial charge in [0.2, 0.25) is 5.89 Å². The average Bonchev–Trinajstić information content (AvgIpc) is 3.38. The molecule has 4 rings (SSSR count). The molecule has 1 aromatic carbocycles. The van der Waals surface area contributed by atoms with Gasteiger partial charge < -0.3 is 9.63 Å². The topological polar surface area (TPSA) is 62.4 Å².